The molecule has 8 heteroatoms. The van der Waals surface area contributed by atoms with Crippen LogP contribution in [0.3, 0.4) is 0 Å². The summed E-state index contributed by atoms with van der Waals surface area (Å²) >= 11 is 0. The molecule has 3 amide bonds. The first kappa shape index (κ1) is 27.5. The Morgan fingerprint density at radius 2 is 1.88 bits per heavy atom. The van der Waals surface area contributed by atoms with Crippen LogP contribution in [0.4, 0.5) is 5.69 Å². The van der Waals surface area contributed by atoms with Crippen LogP contribution in [0.25, 0.3) is 0 Å². The summed E-state index contributed by atoms with van der Waals surface area (Å²) in [5.74, 6) is -0.984. The van der Waals surface area contributed by atoms with Crippen LogP contribution in [-0.2, 0) is 19.1 Å². The van der Waals surface area contributed by atoms with Gasteiger partial charge in [0.1, 0.15) is 11.6 Å². The van der Waals surface area contributed by atoms with Crippen LogP contribution >= 0.6 is 0 Å². The van der Waals surface area contributed by atoms with Crippen molar-refractivity contribution in [1.29, 1.82) is 0 Å². The molecule has 1 spiro atoms. The average Bonchev–Trinajstić information content (AvgIpc) is 3.70. The highest BCUT2D eigenvalue weighted by molar-refractivity contribution is 6.02. The largest absolute Gasteiger partial charge is 0.359 e. The maximum atomic E-state index is 14.2. The fraction of sp³-hybridized carbons (Fsp3) is 0.656. The number of ether oxygens (including phenoxy) is 1. The van der Waals surface area contributed by atoms with Gasteiger partial charge < -0.3 is 25.2 Å². The normalized spacial score (nSPS) is 36.7. The number of nitrogens with one attached hydrogen (secondary N) is 2. The molecule has 2 bridgehead atoms. The minimum Gasteiger partial charge on any atom is -0.359 e. The van der Waals surface area contributed by atoms with Gasteiger partial charge in [0.05, 0.1) is 17.9 Å². The molecule has 8 atom stereocenters. The van der Waals surface area contributed by atoms with Crippen LogP contribution in [0.2, 0.25) is 0 Å². The van der Waals surface area contributed by atoms with Crippen LogP contribution in [-0.4, -0.2) is 77.5 Å². The number of hydrogen-bond acceptors (Lipinski definition) is 5. The maximum absolute atomic E-state index is 14.2. The lowest BCUT2D eigenvalue weighted by atomic mass is 9.73. The molecule has 1 saturated carbocycles. The zero-order valence-electron chi connectivity index (χ0n) is 24.1. The average molecular weight is 549 g/mol. The number of amides is 3. The predicted molar refractivity (Wildman–Crippen MR) is 153 cm³/mol. The number of carbonyl (C=O) groups is 3. The van der Waals surface area contributed by atoms with E-state index >= 15 is 0 Å². The van der Waals surface area contributed by atoms with Crippen molar-refractivity contribution in [2.75, 3.05) is 31.5 Å². The minimum absolute atomic E-state index is 0.0799. The van der Waals surface area contributed by atoms with Crippen LogP contribution in [0, 0.1) is 30.6 Å². The lowest BCUT2D eigenvalue weighted by molar-refractivity contribution is -0.141. The first-order valence-electron chi connectivity index (χ1n) is 15.4. The molecule has 4 aliphatic heterocycles. The molecule has 5 aliphatic rings. The number of carbonyl (C=O) groups excluding carboxylic acids is 3. The third-order valence-electron chi connectivity index (χ3n) is 10.3. The van der Waals surface area contributed by atoms with Crippen molar-refractivity contribution in [2.24, 2.45) is 23.7 Å². The fourth-order valence-electron chi connectivity index (χ4n) is 7.97. The smallest absolute Gasteiger partial charge is 0.246 e. The topological polar surface area (TPSA) is 91.0 Å². The van der Waals surface area contributed by atoms with Crippen molar-refractivity contribution in [3.63, 3.8) is 0 Å². The number of aryl methyl sites for hydroxylation is 1. The van der Waals surface area contributed by atoms with Crippen molar-refractivity contribution in [2.45, 2.75) is 83.1 Å². The summed E-state index contributed by atoms with van der Waals surface area (Å²) < 4.78 is 6.52. The van der Waals surface area contributed by atoms with Gasteiger partial charge in [-0.05, 0) is 81.8 Å². The molecule has 1 aromatic rings. The summed E-state index contributed by atoms with van der Waals surface area (Å²) in [5, 5.41) is 6.37. The zero-order valence-corrected chi connectivity index (χ0v) is 24.1. The SMILES string of the molecule is Cc1cccc(NC(=O)[C@H]2[C@H]3C=C[C@@]4(O3)[C@H]2C(=O)N(CCCN2CCCC2)[C@@H]4C(=O)N[C@@H]2CCC[C@@H](C)[C@H]2C)c1. The first-order valence-corrected chi connectivity index (χ1v) is 15.4. The van der Waals surface area contributed by atoms with Crippen molar-refractivity contribution in [3.05, 3.63) is 42.0 Å². The lowest BCUT2D eigenvalue weighted by Crippen LogP contribution is -2.58. The fourth-order valence-corrected chi connectivity index (χ4v) is 7.97. The Labute approximate surface area is 237 Å². The number of nitrogens with zero attached hydrogens (tertiary/aromatic N) is 2. The minimum atomic E-state index is -1.11. The van der Waals surface area contributed by atoms with Gasteiger partial charge in [-0.15, -0.1) is 0 Å². The number of rotatable bonds is 8. The standard InChI is InChI=1S/C32H44N4O4/c1-20-9-6-11-23(19-20)33-29(37)26-25-13-14-32(40-25)27(26)31(39)36(18-8-17-35-15-4-5-16-35)28(32)30(38)34-24-12-7-10-21(2)22(24)3/h6,9,11,13-14,19,21-22,24-28H,4-5,7-8,10,12,15-18H2,1-3H3,(H,33,37)(H,34,38)/t21-,22-,24-,25-,26+,27-,28-,32-/m1/s1. The molecule has 8 nitrogen and oxygen atoms in total. The highest BCUT2D eigenvalue weighted by Crippen LogP contribution is 2.55. The van der Waals surface area contributed by atoms with E-state index in [1.165, 1.54) is 19.3 Å². The molecule has 40 heavy (non-hydrogen) atoms. The molecule has 0 radical (unpaired) electrons. The molecule has 0 unspecified atom stereocenters. The molecule has 216 valence electrons. The van der Waals surface area contributed by atoms with Gasteiger partial charge in [0.2, 0.25) is 17.7 Å². The summed E-state index contributed by atoms with van der Waals surface area (Å²) in [6.45, 7) is 10.0. The van der Waals surface area contributed by atoms with Gasteiger partial charge in [-0.2, -0.15) is 0 Å². The molecule has 3 saturated heterocycles. The maximum Gasteiger partial charge on any atom is 0.246 e. The van der Waals surface area contributed by atoms with Gasteiger partial charge in [-0.1, -0.05) is 51.0 Å². The Kier molecular flexibility index (Phi) is 7.51. The van der Waals surface area contributed by atoms with Crippen molar-refractivity contribution in [1.82, 2.24) is 15.1 Å². The van der Waals surface area contributed by atoms with E-state index in [0.717, 1.165) is 44.5 Å². The van der Waals surface area contributed by atoms with Crippen LogP contribution < -0.4 is 10.6 Å². The molecule has 0 aromatic heterocycles. The second kappa shape index (κ2) is 10.9. The Hall–Kier alpha value is -2.71. The molecular formula is C32H44N4O4. The molecule has 4 heterocycles. The van der Waals surface area contributed by atoms with E-state index < -0.39 is 29.6 Å². The summed E-state index contributed by atoms with van der Waals surface area (Å²) in [7, 11) is 0. The predicted octanol–water partition coefficient (Wildman–Crippen LogP) is 3.51. The Morgan fingerprint density at radius 3 is 2.65 bits per heavy atom. The van der Waals surface area contributed by atoms with Crippen molar-refractivity contribution < 1.29 is 19.1 Å². The van der Waals surface area contributed by atoms with Crippen LogP contribution in [0.5, 0.6) is 0 Å². The van der Waals surface area contributed by atoms with Gasteiger partial charge in [0, 0.05) is 18.3 Å². The number of benzene rings is 1. The van der Waals surface area contributed by atoms with Gasteiger partial charge >= 0.3 is 0 Å². The number of hydrogen-bond donors (Lipinski definition) is 2. The van der Waals surface area contributed by atoms with E-state index in [9.17, 15) is 14.4 Å². The molecule has 1 aromatic carbocycles. The molecular weight excluding hydrogens is 504 g/mol. The van der Waals surface area contributed by atoms with Crippen molar-refractivity contribution >= 4 is 23.4 Å². The molecule has 1 aliphatic carbocycles. The summed E-state index contributed by atoms with van der Waals surface area (Å²) in [6, 6.07) is 6.96. The highest BCUT2D eigenvalue weighted by atomic mass is 16.5. The monoisotopic (exact) mass is 548 g/mol. The van der Waals surface area contributed by atoms with Crippen LogP contribution in [0.1, 0.15) is 57.9 Å². The quantitative estimate of drug-likeness (QED) is 0.486. The van der Waals surface area contributed by atoms with Crippen LogP contribution in [0.15, 0.2) is 36.4 Å². The lowest BCUT2D eigenvalue weighted by Gasteiger charge is -2.38. The first-order chi connectivity index (χ1) is 19.3. The molecule has 6 rings (SSSR count). The second-order valence-electron chi connectivity index (χ2n) is 12.9. The number of likely N-dealkylation sites (tertiary alicyclic amines) is 2. The second-order valence-corrected chi connectivity index (χ2v) is 12.9. The third kappa shape index (κ3) is 4.77. The summed E-state index contributed by atoms with van der Waals surface area (Å²) in [4.78, 5) is 46.2. The molecule has 4 fully saturated rings. The van der Waals surface area contributed by atoms with Gasteiger partial charge in [-0.3, -0.25) is 14.4 Å². The van der Waals surface area contributed by atoms with E-state index in [1.54, 1.807) is 4.90 Å². The zero-order chi connectivity index (χ0) is 28.0. The number of fused-ring (bicyclic) bond motifs is 1. The van der Waals surface area contributed by atoms with Gasteiger partial charge in [0.15, 0.2) is 0 Å². The number of anilines is 1. The third-order valence-corrected chi connectivity index (χ3v) is 10.3. The van der Waals surface area contributed by atoms with Gasteiger partial charge in [-0.25, -0.2) is 0 Å². The summed E-state index contributed by atoms with van der Waals surface area (Å²) in [6.07, 6.45) is 9.73. The highest BCUT2D eigenvalue weighted by Gasteiger charge is 2.72. The van der Waals surface area contributed by atoms with E-state index in [0.29, 0.717) is 24.1 Å². The summed E-state index contributed by atoms with van der Waals surface area (Å²) in [5.41, 5.74) is 0.633. The van der Waals surface area contributed by atoms with E-state index in [-0.39, 0.29) is 23.8 Å². The van der Waals surface area contributed by atoms with Crippen molar-refractivity contribution in [3.8, 4) is 0 Å². The van der Waals surface area contributed by atoms with E-state index in [1.807, 2.05) is 43.3 Å². The van der Waals surface area contributed by atoms with E-state index in [4.69, 9.17) is 4.74 Å². The molecule has 2 N–H and O–H groups in total. The Bertz CT molecular complexity index is 1180. The Morgan fingerprint density at radius 1 is 1.07 bits per heavy atom. The van der Waals surface area contributed by atoms with E-state index in [2.05, 4.69) is 29.4 Å². The van der Waals surface area contributed by atoms with Gasteiger partial charge in [0.25, 0.3) is 0 Å². The Balaban J connectivity index is 1.26.